The van der Waals surface area contributed by atoms with Crippen LogP contribution in [0.5, 0.6) is 0 Å². The first-order valence-electron chi connectivity index (χ1n) is 11.7. The van der Waals surface area contributed by atoms with Crippen molar-refractivity contribution in [3.05, 3.63) is 77.3 Å². The molecule has 1 N–H and O–H groups in total. The molecule has 1 aromatic heterocycles. The number of carbonyl (C=O) groups excluding carboxylic acids is 3. The van der Waals surface area contributed by atoms with E-state index in [1.807, 2.05) is 66.7 Å². The van der Waals surface area contributed by atoms with Gasteiger partial charge in [-0.15, -0.1) is 11.3 Å². The van der Waals surface area contributed by atoms with Crippen molar-refractivity contribution in [2.24, 2.45) is 0 Å². The minimum atomic E-state index is -1.22. The van der Waals surface area contributed by atoms with E-state index in [1.165, 1.54) is 0 Å². The molecule has 35 heavy (non-hydrogen) atoms. The summed E-state index contributed by atoms with van der Waals surface area (Å²) in [4.78, 5) is 47.2. The van der Waals surface area contributed by atoms with Gasteiger partial charge in [-0.1, -0.05) is 48.5 Å². The number of thiazole rings is 1. The number of nitrogens with zero attached hydrogens (tertiary/aromatic N) is 3. The molecule has 0 spiro atoms. The molecule has 0 unspecified atom stereocenters. The minimum absolute atomic E-state index is 0.132. The van der Waals surface area contributed by atoms with Gasteiger partial charge in [0.25, 0.3) is 5.91 Å². The summed E-state index contributed by atoms with van der Waals surface area (Å²) in [5, 5.41) is 5.76. The summed E-state index contributed by atoms with van der Waals surface area (Å²) in [6, 6.07) is 20.8. The Bertz CT molecular complexity index is 1470. The molecule has 0 radical (unpaired) electrons. The first-order valence-corrected chi connectivity index (χ1v) is 12.5. The van der Waals surface area contributed by atoms with E-state index in [0.717, 1.165) is 43.7 Å². The smallest absolute Gasteiger partial charge is 0.325 e. The number of fused-ring (bicyclic) bond motifs is 2. The molecule has 8 heteroatoms. The van der Waals surface area contributed by atoms with Gasteiger partial charge in [-0.05, 0) is 54.3 Å². The first kappa shape index (κ1) is 21.7. The summed E-state index contributed by atoms with van der Waals surface area (Å²) in [7, 11) is 0. The third-order valence-electron chi connectivity index (χ3n) is 7.06. The monoisotopic (exact) mass is 484 g/mol. The predicted octanol–water partition coefficient (Wildman–Crippen LogP) is 4.58. The van der Waals surface area contributed by atoms with Crippen LogP contribution in [-0.2, 0) is 15.1 Å². The molecular weight excluding hydrogens is 460 g/mol. The average Bonchev–Trinajstić information content (AvgIpc) is 3.57. The van der Waals surface area contributed by atoms with Crippen LogP contribution in [0.1, 0.15) is 36.4 Å². The van der Waals surface area contributed by atoms with Crippen LogP contribution >= 0.6 is 11.3 Å². The number of para-hydroxylation sites is 1. The van der Waals surface area contributed by atoms with E-state index in [4.69, 9.17) is 4.98 Å². The highest BCUT2D eigenvalue weighted by molar-refractivity contribution is 7.18. The highest BCUT2D eigenvalue weighted by atomic mass is 32.1. The minimum Gasteiger partial charge on any atom is -0.332 e. The van der Waals surface area contributed by atoms with Crippen molar-refractivity contribution in [2.75, 3.05) is 13.1 Å². The second-order valence-electron chi connectivity index (χ2n) is 9.27. The maximum absolute atomic E-state index is 13.5. The van der Waals surface area contributed by atoms with E-state index in [9.17, 15) is 14.4 Å². The van der Waals surface area contributed by atoms with Crippen LogP contribution in [-0.4, -0.2) is 45.7 Å². The van der Waals surface area contributed by atoms with Gasteiger partial charge < -0.3 is 10.2 Å². The van der Waals surface area contributed by atoms with Gasteiger partial charge in [-0.3, -0.25) is 14.5 Å². The fraction of sp³-hybridized carbons (Fsp3) is 0.259. The molecule has 4 aromatic rings. The summed E-state index contributed by atoms with van der Waals surface area (Å²) in [5.74, 6) is -0.653. The van der Waals surface area contributed by atoms with Crippen molar-refractivity contribution in [2.45, 2.75) is 31.3 Å². The molecule has 0 saturated carbocycles. The van der Waals surface area contributed by atoms with Crippen molar-refractivity contribution in [3.63, 3.8) is 0 Å². The van der Waals surface area contributed by atoms with Crippen LogP contribution in [0, 0.1) is 0 Å². The second kappa shape index (κ2) is 8.16. The van der Waals surface area contributed by atoms with Crippen molar-refractivity contribution in [1.29, 1.82) is 0 Å². The predicted molar refractivity (Wildman–Crippen MR) is 135 cm³/mol. The zero-order valence-electron chi connectivity index (χ0n) is 19.2. The van der Waals surface area contributed by atoms with E-state index in [0.29, 0.717) is 12.1 Å². The number of nitrogens with one attached hydrogen (secondary N) is 1. The number of urea groups is 1. The number of hydrogen-bond donors (Lipinski definition) is 1. The standard InChI is InChI=1S/C27H24N4O3S/c1-27(19-13-12-17-7-2-3-8-18(17)15-19)25(33)31(26(34)29-27)16-23(32)30-14-6-10-21(30)24-28-20-9-4-5-11-22(20)35-24/h2-5,7-9,11-13,15,21H,6,10,14,16H2,1H3,(H,29,34)/t21-,27-/m0/s1. The molecule has 2 aliphatic heterocycles. The Kier molecular flexibility index (Phi) is 5.07. The number of aromatic nitrogens is 1. The number of likely N-dealkylation sites (tertiary alicyclic amines) is 1. The number of benzene rings is 3. The Balaban J connectivity index is 1.23. The van der Waals surface area contributed by atoms with E-state index in [-0.39, 0.29) is 18.5 Å². The largest absolute Gasteiger partial charge is 0.332 e. The number of imide groups is 1. The highest BCUT2D eigenvalue weighted by Gasteiger charge is 2.50. The summed E-state index contributed by atoms with van der Waals surface area (Å²) < 4.78 is 1.09. The van der Waals surface area contributed by atoms with Gasteiger partial charge in [0, 0.05) is 6.54 Å². The van der Waals surface area contributed by atoms with Crippen molar-refractivity contribution >= 4 is 50.2 Å². The van der Waals surface area contributed by atoms with Gasteiger partial charge >= 0.3 is 6.03 Å². The number of amides is 4. The molecule has 176 valence electrons. The summed E-state index contributed by atoms with van der Waals surface area (Å²) in [5.41, 5.74) is 0.392. The topological polar surface area (TPSA) is 82.6 Å². The summed E-state index contributed by atoms with van der Waals surface area (Å²) in [6.07, 6.45) is 1.68. The highest BCUT2D eigenvalue weighted by Crippen LogP contribution is 2.37. The Morgan fingerprint density at radius 2 is 1.86 bits per heavy atom. The van der Waals surface area contributed by atoms with Gasteiger partial charge in [-0.25, -0.2) is 9.78 Å². The fourth-order valence-electron chi connectivity index (χ4n) is 5.12. The van der Waals surface area contributed by atoms with Gasteiger partial charge in [0.1, 0.15) is 17.1 Å². The van der Waals surface area contributed by atoms with Gasteiger partial charge in [-0.2, -0.15) is 0 Å². The Hall–Kier alpha value is -3.78. The molecular formula is C27H24N4O3S. The fourth-order valence-corrected chi connectivity index (χ4v) is 6.23. The number of hydrogen-bond acceptors (Lipinski definition) is 5. The zero-order valence-corrected chi connectivity index (χ0v) is 20.0. The van der Waals surface area contributed by atoms with Crippen LogP contribution < -0.4 is 5.32 Å². The van der Waals surface area contributed by atoms with Crippen LogP contribution in [0.25, 0.3) is 21.0 Å². The van der Waals surface area contributed by atoms with Crippen LogP contribution in [0.2, 0.25) is 0 Å². The number of rotatable bonds is 4. The molecule has 2 saturated heterocycles. The zero-order chi connectivity index (χ0) is 24.2. The quantitative estimate of drug-likeness (QED) is 0.430. The van der Waals surface area contributed by atoms with Crippen LogP contribution in [0.3, 0.4) is 0 Å². The Morgan fingerprint density at radius 3 is 2.69 bits per heavy atom. The molecule has 2 fully saturated rings. The average molecular weight is 485 g/mol. The van der Waals surface area contributed by atoms with E-state index >= 15 is 0 Å². The summed E-state index contributed by atoms with van der Waals surface area (Å²) in [6.45, 7) is 2.00. The SMILES string of the molecule is C[C@@]1(c2ccc3ccccc3c2)NC(=O)N(CC(=O)N2CCC[C@H]2c2nc3ccccc3s2)C1=O. The summed E-state index contributed by atoms with van der Waals surface area (Å²) >= 11 is 1.59. The Morgan fingerprint density at radius 1 is 1.09 bits per heavy atom. The van der Waals surface area contributed by atoms with Crippen LogP contribution in [0.15, 0.2) is 66.7 Å². The first-order chi connectivity index (χ1) is 16.9. The van der Waals surface area contributed by atoms with Crippen molar-refractivity contribution < 1.29 is 14.4 Å². The third-order valence-corrected chi connectivity index (χ3v) is 8.20. The molecule has 6 rings (SSSR count). The second-order valence-corrected chi connectivity index (χ2v) is 10.3. The normalized spacial score (nSPS) is 22.4. The lowest BCUT2D eigenvalue weighted by molar-refractivity contribution is -0.139. The van der Waals surface area contributed by atoms with Crippen molar-refractivity contribution in [3.8, 4) is 0 Å². The molecule has 4 amide bonds. The third kappa shape index (κ3) is 3.56. The molecule has 0 bridgehead atoms. The molecule has 0 aliphatic carbocycles. The molecule has 3 aromatic carbocycles. The molecule has 2 atom stereocenters. The lowest BCUT2D eigenvalue weighted by Gasteiger charge is -2.26. The molecule has 3 heterocycles. The van der Waals surface area contributed by atoms with E-state index in [1.54, 1.807) is 23.2 Å². The van der Waals surface area contributed by atoms with E-state index in [2.05, 4.69) is 5.32 Å². The maximum atomic E-state index is 13.5. The van der Waals surface area contributed by atoms with Gasteiger partial charge in [0.15, 0.2) is 0 Å². The molecule has 7 nitrogen and oxygen atoms in total. The van der Waals surface area contributed by atoms with Gasteiger partial charge in [0.05, 0.1) is 16.3 Å². The molecule has 2 aliphatic rings. The van der Waals surface area contributed by atoms with Gasteiger partial charge in [0.2, 0.25) is 5.91 Å². The Labute approximate surface area is 206 Å². The van der Waals surface area contributed by atoms with Crippen molar-refractivity contribution in [1.82, 2.24) is 20.1 Å². The lowest BCUT2D eigenvalue weighted by atomic mass is 9.90. The maximum Gasteiger partial charge on any atom is 0.325 e. The lowest BCUT2D eigenvalue weighted by Crippen LogP contribution is -2.44. The number of carbonyl (C=O) groups is 3. The van der Waals surface area contributed by atoms with Crippen LogP contribution in [0.4, 0.5) is 4.79 Å². The van der Waals surface area contributed by atoms with E-state index < -0.39 is 17.5 Å².